The summed E-state index contributed by atoms with van der Waals surface area (Å²) in [4.78, 5) is 0. The average molecular weight is 386 g/mol. The van der Waals surface area contributed by atoms with Crippen molar-refractivity contribution in [2.24, 2.45) is 0 Å². The maximum Gasteiger partial charge on any atom is 0.160 e. The second-order valence-corrected chi connectivity index (χ2v) is 5.43. The largest absolute Gasteiger partial charge is 0.504 e. The van der Waals surface area contributed by atoms with Gasteiger partial charge in [0, 0.05) is 12.1 Å². The summed E-state index contributed by atoms with van der Waals surface area (Å²) in [6.45, 7) is 0.660. The Morgan fingerprint density at radius 1 is 0.957 bits per heavy atom. The van der Waals surface area contributed by atoms with Gasteiger partial charge in [0.05, 0.1) is 0 Å². The van der Waals surface area contributed by atoms with Gasteiger partial charge in [0.1, 0.15) is 5.82 Å². The Labute approximate surface area is 142 Å². The molecule has 1 heterocycles. The van der Waals surface area contributed by atoms with E-state index in [-0.39, 0.29) is 52.3 Å². The van der Waals surface area contributed by atoms with Gasteiger partial charge in [0.25, 0.3) is 0 Å². The molecule has 2 aromatic rings. The number of phenolic OH excluding ortho intramolecular Hbond substituents is 4. The summed E-state index contributed by atoms with van der Waals surface area (Å²) >= 11 is 0. The van der Waals surface area contributed by atoms with Gasteiger partial charge in [0.15, 0.2) is 23.0 Å². The topological polar surface area (TPSA) is 93.0 Å². The number of rotatable bonds is 2. The molecule has 1 aliphatic heterocycles. The molecule has 2 aromatic carbocycles. The third kappa shape index (κ3) is 3.35. The molecule has 124 valence electrons. The first-order chi connectivity index (χ1) is 10.5. The monoisotopic (exact) mass is 385 g/mol. The fourth-order valence-corrected chi connectivity index (χ4v) is 2.82. The fourth-order valence-electron chi connectivity index (χ4n) is 2.82. The van der Waals surface area contributed by atoms with Crippen molar-refractivity contribution in [2.75, 3.05) is 6.54 Å². The lowest BCUT2D eigenvalue weighted by Crippen LogP contribution is -2.31. The van der Waals surface area contributed by atoms with Crippen molar-refractivity contribution >= 4 is 17.0 Å². The first-order valence-electron chi connectivity index (χ1n) is 6.94. The number of hydrogen-bond donors (Lipinski definition) is 5. The highest BCUT2D eigenvalue weighted by Gasteiger charge is 2.23. The molecule has 0 saturated heterocycles. The lowest BCUT2D eigenvalue weighted by Gasteiger charge is -2.27. The van der Waals surface area contributed by atoms with Gasteiger partial charge in [-0.1, -0.05) is 0 Å². The number of fused-ring (bicyclic) bond motifs is 1. The Morgan fingerprint density at radius 3 is 2.30 bits per heavy atom. The van der Waals surface area contributed by atoms with Crippen molar-refractivity contribution in [1.82, 2.24) is 5.32 Å². The lowest BCUT2D eigenvalue weighted by atomic mass is 9.89. The SMILES string of the molecule is Br.Oc1cc(F)c(CC2NCCc3cc(O)c(O)cc32)cc1O. The summed E-state index contributed by atoms with van der Waals surface area (Å²) in [6, 6.07) is 4.81. The Kier molecular flexibility index (Phi) is 5.01. The van der Waals surface area contributed by atoms with Crippen LogP contribution in [-0.4, -0.2) is 27.0 Å². The molecule has 3 rings (SSSR count). The predicted molar refractivity (Wildman–Crippen MR) is 88.0 cm³/mol. The maximum atomic E-state index is 13.9. The molecule has 0 amide bonds. The van der Waals surface area contributed by atoms with Gasteiger partial charge >= 0.3 is 0 Å². The smallest absolute Gasteiger partial charge is 0.160 e. The predicted octanol–water partition coefficient (Wildman–Crippen LogP) is 2.66. The lowest BCUT2D eigenvalue weighted by molar-refractivity contribution is 0.394. The molecule has 1 atom stereocenters. The molecule has 0 radical (unpaired) electrons. The van der Waals surface area contributed by atoms with Crippen LogP contribution in [0.3, 0.4) is 0 Å². The van der Waals surface area contributed by atoms with Gasteiger partial charge in [-0.2, -0.15) is 0 Å². The third-order valence-electron chi connectivity index (χ3n) is 3.96. The van der Waals surface area contributed by atoms with Crippen LogP contribution < -0.4 is 5.32 Å². The van der Waals surface area contributed by atoms with E-state index in [1.165, 1.54) is 18.2 Å². The van der Waals surface area contributed by atoms with Gasteiger partial charge in [-0.05, 0) is 54.3 Å². The molecule has 1 aliphatic rings. The Hall–Kier alpha value is -1.99. The summed E-state index contributed by atoms with van der Waals surface area (Å²) in [6.07, 6.45) is 0.944. The van der Waals surface area contributed by atoms with Crippen molar-refractivity contribution in [2.45, 2.75) is 18.9 Å². The van der Waals surface area contributed by atoms with E-state index in [1.807, 2.05) is 0 Å². The molecule has 0 bridgehead atoms. The highest BCUT2D eigenvalue weighted by Crippen LogP contribution is 2.36. The molecular formula is C16H17BrFNO4. The zero-order chi connectivity index (χ0) is 15.9. The molecular weight excluding hydrogens is 369 g/mol. The Bertz CT molecular complexity index is 739. The van der Waals surface area contributed by atoms with E-state index in [1.54, 1.807) is 0 Å². The molecule has 1 unspecified atom stereocenters. The molecule has 23 heavy (non-hydrogen) atoms. The fraction of sp³-hybridized carbons (Fsp3) is 0.250. The number of nitrogens with one attached hydrogen (secondary N) is 1. The molecule has 0 aromatic heterocycles. The van der Waals surface area contributed by atoms with E-state index in [2.05, 4.69) is 5.32 Å². The zero-order valence-corrected chi connectivity index (χ0v) is 13.8. The molecule has 5 nitrogen and oxygen atoms in total. The molecule has 5 N–H and O–H groups in total. The molecule has 0 fully saturated rings. The molecule has 0 spiro atoms. The third-order valence-corrected chi connectivity index (χ3v) is 3.96. The number of aromatic hydroxyl groups is 4. The second-order valence-electron chi connectivity index (χ2n) is 5.43. The van der Waals surface area contributed by atoms with E-state index in [9.17, 15) is 24.8 Å². The highest BCUT2D eigenvalue weighted by molar-refractivity contribution is 8.93. The van der Waals surface area contributed by atoms with Gasteiger partial charge in [-0.3, -0.25) is 0 Å². The first kappa shape index (κ1) is 17.4. The minimum absolute atomic E-state index is 0. The zero-order valence-electron chi connectivity index (χ0n) is 12.1. The van der Waals surface area contributed by atoms with Crippen LogP contribution in [0.25, 0.3) is 0 Å². The van der Waals surface area contributed by atoms with E-state index in [0.29, 0.717) is 13.0 Å². The van der Waals surface area contributed by atoms with Crippen LogP contribution in [0.15, 0.2) is 24.3 Å². The summed E-state index contributed by atoms with van der Waals surface area (Å²) < 4.78 is 13.9. The van der Waals surface area contributed by atoms with Crippen LogP contribution in [0.2, 0.25) is 0 Å². The van der Waals surface area contributed by atoms with Crippen LogP contribution in [-0.2, 0) is 12.8 Å². The van der Waals surface area contributed by atoms with Gasteiger partial charge in [0.2, 0.25) is 0 Å². The van der Waals surface area contributed by atoms with E-state index in [4.69, 9.17) is 0 Å². The molecule has 0 saturated carbocycles. The quantitative estimate of drug-likeness (QED) is 0.512. The van der Waals surface area contributed by atoms with E-state index < -0.39 is 11.6 Å². The van der Waals surface area contributed by atoms with Crippen LogP contribution >= 0.6 is 17.0 Å². The van der Waals surface area contributed by atoms with Gasteiger partial charge in [-0.25, -0.2) is 4.39 Å². The van der Waals surface area contributed by atoms with E-state index >= 15 is 0 Å². The van der Waals surface area contributed by atoms with Crippen molar-refractivity contribution in [1.29, 1.82) is 0 Å². The minimum atomic E-state index is -0.604. The molecule has 7 heteroatoms. The second kappa shape index (κ2) is 6.64. The average Bonchev–Trinajstić information content (AvgIpc) is 2.46. The van der Waals surface area contributed by atoms with Crippen LogP contribution in [0, 0.1) is 5.82 Å². The van der Waals surface area contributed by atoms with Crippen LogP contribution in [0.4, 0.5) is 4.39 Å². The first-order valence-corrected chi connectivity index (χ1v) is 6.94. The van der Waals surface area contributed by atoms with Crippen molar-refractivity contribution in [3.63, 3.8) is 0 Å². The van der Waals surface area contributed by atoms with Crippen LogP contribution in [0.5, 0.6) is 23.0 Å². The molecule has 0 aliphatic carbocycles. The number of halogens is 2. The van der Waals surface area contributed by atoms with Crippen molar-refractivity contribution in [3.05, 3.63) is 46.8 Å². The van der Waals surface area contributed by atoms with Crippen LogP contribution in [0.1, 0.15) is 22.7 Å². The number of hydrogen-bond acceptors (Lipinski definition) is 5. The summed E-state index contributed by atoms with van der Waals surface area (Å²) in [7, 11) is 0. The standard InChI is InChI=1S/C16H16FNO4.BrH/c17-11-7-16(22)14(20)5-9(11)3-12-10-6-15(21)13(19)4-8(10)1-2-18-12;/h4-7,12,18-22H,1-3H2;1H. The summed E-state index contributed by atoms with van der Waals surface area (Å²) in [5.74, 6) is -1.87. The van der Waals surface area contributed by atoms with Crippen molar-refractivity contribution < 1.29 is 24.8 Å². The highest BCUT2D eigenvalue weighted by atomic mass is 79.9. The van der Waals surface area contributed by atoms with Gasteiger partial charge < -0.3 is 25.7 Å². The normalized spacial score (nSPS) is 16.5. The Balaban J connectivity index is 0.00000192. The summed E-state index contributed by atoms with van der Waals surface area (Å²) in [5, 5.41) is 41.3. The summed E-state index contributed by atoms with van der Waals surface area (Å²) in [5.41, 5.74) is 1.93. The van der Waals surface area contributed by atoms with E-state index in [0.717, 1.165) is 17.2 Å². The van der Waals surface area contributed by atoms with Gasteiger partial charge in [-0.15, -0.1) is 17.0 Å². The number of phenols is 4. The van der Waals surface area contributed by atoms with Crippen molar-refractivity contribution in [3.8, 4) is 23.0 Å². The Morgan fingerprint density at radius 2 is 1.57 bits per heavy atom. The minimum Gasteiger partial charge on any atom is -0.504 e. The maximum absolute atomic E-state index is 13.9. The number of benzene rings is 2.